The van der Waals surface area contributed by atoms with E-state index in [9.17, 15) is 18.0 Å². The van der Waals surface area contributed by atoms with Crippen LogP contribution in [-0.4, -0.2) is 57.3 Å². The second-order valence-electron chi connectivity index (χ2n) is 9.32. The number of halogens is 3. The highest BCUT2D eigenvalue weighted by Crippen LogP contribution is 2.45. The number of aromatic nitrogens is 5. The first-order valence-corrected chi connectivity index (χ1v) is 12.1. The lowest BCUT2D eigenvalue weighted by atomic mass is 9.96. The molecule has 11 heteroatoms. The van der Waals surface area contributed by atoms with Crippen molar-refractivity contribution in [1.82, 2.24) is 30.3 Å². The fraction of sp³-hybridized carbons (Fsp3) is 0.385. The fourth-order valence-corrected chi connectivity index (χ4v) is 4.58. The van der Waals surface area contributed by atoms with Gasteiger partial charge in [0.2, 0.25) is 0 Å². The number of H-pyrrole nitrogens is 1. The van der Waals surface area contributed by atoms with Gasteiger partial charge in [-0.15, -0.1) is 0 Å². The van der Waals surface area contributed by atoms with Crippen molar-refractivity contribution in [1.29, 1.82) is 0 Å². The van der Waals surface area contributed by atoms with Crippen molar-refractivity contribution in [2.24, 2.45) is 0 Å². The smallest absolute Gasteiger partial charge is 0.383 e. The fourth-order valence-electron chi connectivity index (χ4n) is 4.58. The van der Waals surface area contributed by atoms with Crippen LogP contribution in [0.15, 0.2) is 36.5 Å². The van der Waals surface area contributed by atoms with Crippen molar-refractivity contribution in [2.45, 2.75) is 44.8 Å². The summed E-state index contributed by atoms with van der Waals surface area (Å²) in [5.74, 6) is 1.00. The first-order valence-electron chi connectivity index (χ1n) is 12.1. The number of nitrogens with one attached hydrogen (secondary N) is 2. The molecule has 2 N–H and O–H groups in total. The SMILES string of the molecule is COCCn1nc(-c2ccc(C(=O)NCC(F)(F)F)c(C)c2)nc1Cc1ccc2[nH]ncc2c1C1CC1. The van der Waals surface area contributed by atoms with Gasteiger partial charge in [-0.3, -0.25) is 9.89 Å². The summed E-state index contributed by atoms with van der Waals surface area (Å²) in [6.45, 7) is 1.28. The summed E-state index contributed by atoms with van der Waals surface area (Å²) in [5, 5.41) is 15.0. The molecule has 1 amide bonds. The Bertz CT molecular complexity index is 1440. The predicted molar refractivity (Wildman–Crippen MR) is 131 cm³/mol. The molecular weight excluding hydrogens is 485 g/mol. The van der Waals surface area contributed by atoms with Crippen molar-refractivity contribution in [3.05, 3.63) is 64.6 Å². The van der Waals surface area contributed by atoms with Gasteiger partial charge in [0.05, 0.1) is 24.9 Å². The van der Waals surface area contributed by atoms with Crippen LogP contribution >= 0.6 is 0 Å². The van der Waals surface area contributed by atoms with E-state index in [1.807, 2.05) is 22.3 Å². The maximum Gasteiger partial charge on any atom is 0.405 e. The zero-order valence-electron chi connectivity index (χ0n) is 20.5. The van der Waals surface area contributed by atoms with Gasteiger partial charge in [-0.25, -0.2) is 9.67 Å². The van der Waals surface area contributed by atoms with Crippen LogP contribution in [0.4, 0.5) is 13.2 Å². The number of fused-ring (bicyclic) bond motifs is 1. The largest absolute Gasteiger partial charge is 0.405 e. The molecule has 0 spiro atoms. The zero-order valence-corrected chi connectivity index (χ0v) is 20.5. The summed E-state index contributed by atoms with van der Waals surface area (Å²) in [6.07, 6.45) is 0.298. The Labute approximate surface area is 211 Å². The van der Waals surface area contributed by atoms with Gasteiger partial charge in [0.1, 0.15) is 12.4 Å². The molecule has 2 aromatic heterocycles. The van der Waals surface area contributed by atoms with Crippen molar-refractivity contribution in [3.8, 4) is 11.4 Å². The highest BCUT2D eigenvalue weighted by Gasteiger charge is 2.30. The third-order valence-electron chi connectivity index (χ3n) is 6.52. The number of alkyl halides is 3. The standard InChI is InChI=1S/C26H27F3N6O2/c1-15-11-18(5-7-19(15)25(36)30-14-26(27,28)29)24-32-22(35(34-24)9-10-37-2)12-17-6-8-21-20(13-31-33-21)23(17)16-3-4-16/h5-8,11,13,16H,3-4,9-10,12,14H2,1-2H3,(H,30,36)(H,31,33). The molecule has 2 aromatic carbocycles. The molecule has 0 atom stereocenters. The number of ether oxygens (including phenoxy) is 1. The first-order chi connectivity index (χ1) is 17.7. The van der Waals surface area contributed by atoms with Gasteiger partial charge in [0, 0.05) is 30.0 Å². The molecule has 0 saturated heterocycles. The van der Waals surface area contributed by atoms with E-state index in [2.05, 4.69) is 16.3 Å². The molecule has 0 unspecified atom stereocenters. The number of nitrogens with zero attached hydrogens (tertiary/aromatic N) is 4. The Morgan fingerprint density at radius 3 is 2.76 bits per heavy atom. The third-order valence-corrected chi connectivity index (χ3v) is 6.52. The number of methoxy groups -OCH3 is 1. The van der Waals surface area contributed by atoms with E-state index >= 15 is 0 Å². The van der Waals surface area contributed by atoms with Crippen molar-refractivity contribution < 1.29 is 22.7 Å². The molecule has 4 aromatic rings. The van der Waals surface area contributed by atoms with Crippen LogP contribution in [0, 0.1) is 6.92 Å². The minimum Gasteiger partial charge on any atom is -0.383 e. The number of carbonyl (C=O) groups excluding carboxylic acids is 1. The average molecular weight is 513 g/mol. The van der Waals surface area contributed by atoms with Gasteiger partial charge in [0.25, 0.3) is 5.91 Å². The van der Waals surface area contributed by atoms with E-state index < -0.39 is 18.6 Å². The van der Waals surface area contributed by atoms with Gasteiger partial charge in [-0.1, -0.05) is 12.1 Å². The highest BCUT2D eigenvalue weighted by molar-refractivity contribution is 5.96. The Balaban J connectivity index is 1.44. The lowest BCUT2D eigenvalue weighted by Crippen LogP contribution is -2.34. The number of hydrogen-bond donors (Lipinski definition) is 2. The van der Waals surface area contributed by atoms with E-state index in [1.54, 1.807) is 26.2 Å². The molecule has 1 saturated carbocycles. The number of rotatable bonds is 9. The average Bonchev–Trinajstić information content (AvgIpc) is 3.44. The van der Waals surface area contributed by atoms with E-state index in [0.29, 0.717) is 42.4 Å². The molecule has 1 fully saturated rings. The molecule has 194 valence electrons. The van der Waals surface area contributed by atoms with Crippen LogP contribution in [0.2, 0.25) is 0 Å². The number of aryl methyl sites for hydroxylation is 1. The third kappa shape index (κ3) is 5.51. The van der Waals surface area contributed by atoms with Crippen LogP contribution < -0.4 is 5.32 Å². The molecule has 5 rings (SSSR count). The van der Waals surface area contributed by atoms with Crippen LogP contribution in [-0.2, 0) is 17.7 Å². The van der Waals surface area contributed by atoms with Gasteiger partial charge >= 0.3 is 6.18 Å². The summed E-state index contributed by atoms with van der Waals surface area (Å²) in [7, 11) is 1.63. The first kappa shape index (κ1) is 24.9. The summed E-state index contributed by atoms with van der Waals surface area (Å²) >= 11 is 0. The number of carbonyl (C=O) groups is 1. The summed E-state index contributed by atoms with van der Waals surface area (Å²) in [6, 6.07) is 9.02. The molecule has 37 heavy (non-hydrogen) atoms. The highest BCUT2D eigenvalue weighted by atomic mass is 19.4. The minimum atomic E-state index is -4.47. The zero-order chi connectivity index (χ0) is 26.2. The summed E-state index contributed by atoms with van der Waals surface area (Å²) in [5.41, 5.74) is 4.89. The summed E-state index contributed by atoms with van der Waals surface area (Å²) < 4.78 is 44.6. The molecule has 2 heterocycles. The Morgan fingerprint density at radius 1 is 1.24 bits per heavy atom. The topological polar surface area (TPSA) is 97.7 Å². The van der Waals surface area contributed by atoms with Gasteiger partial charge in [-0.2, -0.15) is 23.4 Å². The quantitative estimate of drug-likeness (QED) is 0.343. The normalized spacial score (nSPS) is 13.9. The molecule has 0 radical (unpaired) electrons. The number of aromatic amines is 1. The monoisotopic (exact) mass is 512 g/mol. The second-order valence-corrected chi connectivity index (χ2v) is 9.32. The van der Waals surface area contributed by atoms with Gasteiger partial charge < -0.3 is 10.1 Å². The molecular formula is C26H27F3N6O2. The van der Waals surface area contributed by atoms with E-state index in [0.717, 1.165) is 29.6 Å². The number of hydrogen-bond acceptors (Lipinski definition) is 5. The minimum absolute atomic E-state index is 0.175. The summed E-state index contributed by atoms with van der Waals surface area (Å²) in [4.78, 5) is 17.1. The number of benzene rings is 2. The van der Waals surface area contributed by atoms with Crippen LogP contribution in [0.1, 0.15) is 51.6 Å². The van der Waals surface area contributed by atoms with Crippen molar-refractivity contribution in [2.75, 3.05) is 20.3 Å². The van der Waals surface area contributed by atoms with E-state index in [1.165, 1.54) is 17.2 Å². The van der Waals surface area contributed by atoms with E-state index in [4.69, 9.17) is 14.8 Å². The lowest BCUT2D eigenvalue weighted by molar-refractivity contribution is -0.123. The maximum atomic E-state index is 12.5. The van der Waals surface area contributed by atoms with Crippen LogP contribution in [0.5, 0.6) is 0 Å². The van der Waals surface area contributed by atoms with Crippen LogP contribution in [0.3, 0.4) is 0 Å². The lowest BCUT2D eigenvalue weighted by Gasteiger charge is -2.11. The van der Waals surface area contributed by atoms with Crippen LogP contribution in [0.25, 0.3) is 22.3 Å². The maximum absolute atomic E-state index is 12.5. The molecule has 8 nitrogen and oxygen atoms in total. The molecule has 0 aliphatic heterocycles. The molecule has 0 bridgehead atoms. The van der Waals surface area contributed by atoms with Gasteiger partial charge in [-0.05, 0) is 60.6 Å². The second kappa shape index (κ2) is 9.97. The predicted octanol–water partition coefficient (Wildman–Crippen LogP) is 4.54. The van der Waals surface area contributed by atoms with Crippen molar-refractivity contribution in [3.63, 3.8) is 0 Å². The Morgan fingerprint density at radius 2 is 2.05 bits per heavy atom. The van der Waals surface area contributed by atoms with Gasteiger partial charge in [0.15, 0.2) is 5.82 Å². The van der Waals surface area contributed by atoms with Crippen molar-refractivity contribution >= 4 is 16.8 Å². The molecule has 1 aliphatic rings. The Kier molecular flexibility index (Phi) is 6.72. The number of amides is 1. The van der Waals surface area contributed by atoms with E-state index in [-0.39, 0.29) is 5.56 Å². The molecule has 1 aliphatic carbocycles. The Hall–Kier alpha value is -3.73.